The highest BCUT2D eigenvalue weighted by Crippen LogP contribution is 2.40. The van der Waals surface area contributed by atoms with Gasteiger partial charge in [-0.2, -0.15) is 5.26 Å². The average molecular weight is 862 g/mol. The Morgan fingerprint density at radius 2 is 1.68 bits per heavy atom. The molecular weight excluding hydrogens is 822 g/mol. The minimum absolute atomic E-state index is 0.00974. The number of halogens is 1. The summed E-state index contributed by atoms with van der Waals surface area (Å²) in [7, 11) is 1.25. The maximum Gasteiger partial charge on any atom is 0.262 e. The Balaban J connectivity index is 0.832. The fraction of sp³-hybridized carbons (Fsp3) is 0.318. The second kappa shape index (κ2) is 16.6. The minimum atomic E-state index is -1.18. The van der Waals surface area contributed by atoms with Gasteiger partial charge in [-0.25, -0.2) is 4.39 Å². The lowest BCUT2D eigenvalue weighted by molar-refractivity contribution is -0.136. The van der Waals surface area contributed by atoms with Crippen LogP contribution in [-0.4, -0.2) is 105 Å². The number of hydrogen-bond donors (Lipinski definition) is 2. The second-order valence-electron chi connectivity index (χ2n) is 15.6. The number of likely N-dealkylation sites (tertiary alicyclic amines) is 1. The van der Waals surface area contributed by atoms with Crippen LogP contribution in [0, 0.1) is 17.1 Å². The molecule has 0 saturated carbocycles. The topological polar surface area (TPSA) is 195 Å². The van der Waals surface area contributed by atoms with E-state index in [9.17, 15) is 34.3 Å². The van der Waals surface area contributed by atoms with Gasteiger partial charge in [-0.15, -0.1) is 0 Å². The smallest absolute Gasteiger partial charge is 0.262 e. The monoisotopic (exact) mass is 861 g/mol. The van der Waals surface area contributed by atoms with E-state index >= 15 is 4.39 Å². The molecule has 2 N–H and O–H groups in total. The van der Waals surface area contributed by atoms with E-state index in [1.54, 1.807) is 37.1 Å². The summed E-state index contributed by atoms with van der Waals surface area (Å²) in [6.45, 7) is 4.36. The summed E-state index contributed by atoms with van der Waals surface area (Å²) in [5, 5.41) is 22.5. The number of rotatable bonds is 11. The predicted octanol–water partition coefficient (Wildman–Crippen LogP) is 4.33. The van der Waals surface area contributed by atoms with Crippen molar-refractivity contribution in [3.63, 3.8) is 0 Å². The normalized spacial score (nSPS) is 19.7. The van der Waals surface area contributed by atoms with Gasteiger partial charge in [0.25, 0.3) is 17.7 Å². The van der Waals surface area contributed by atoms with E-state index in [1.165, 1.54) is 37.4 Å². The van der Waals surface area contributed by atoms with Gasteiger partial charge in [0.2, 0.25) is 11.8 Å². The molecule has 4 aromatic rings. The average Bonchev–Trinajstić information content (AvgIpc) is 3.61. The quantitative estimate of drug-likeness (QED) is 0.160. The first-order chi connectivity index (χ1) is 29.7. The van der Waals surface area contributed by atoms with Crippen molar-refractivity contribution in [3.8, 4) is 34.6 Å². The predicted molar refractivity (Wildman–Crippen MR) is 224 cm³/mol. The molecule has 0 bridgehead atoms. The zero-order chi connectivity index (χ0) is 44.0. The highest BCUT2D eigenvalue weighted by Gasteiger charge is 2.51. The summed E-state index contributed by atoms with van der Waals surface area (Å²) in [5.74, 6) is -3.04. The molecule has 4 aliphatic rings. The molecule has 4 aliphatic heterocycles. The van der Waals surface area contributed by atoms with Crippen LogP contribution in [-0.2, 0) is 14.4 Å². The Morgan fingerprint density at radius 1 is 0.968 bits per heavy atom. The number of aliphatic hydroxyl groups excluding tert-OH is 1. The number of carbonyl (C=O) groups excluding carboxylic acids is 5. The molecule has 0 aliphatic carbocycles. The fourth-order valence-electron chi connectivity index (χ4n) is 8.14. The van der Waals surface area contributed by atoms with Crippen LogP contribution >= 0.6 is 12.2 Å². The number of hydrogen-bond acceptors (Lipinski definition) is 13. The Morgan fingerprint density at radius 3 is 2.34 bits per heavy atom. The van der Waals surface area contributed by atoms with Gasteiger partial charge in [0, 0.05) is 25.1 Å². The number of fused-ring (bicyclic) bond motifs is 1. The van der Waals surface area contributed by atoms with Crippen LogP contribution in [0.15, 0.2) is 72.9 Å². The molecule has 16 nitrogen and oxygen atoms in total. The van der Waals surface area contributed by atoms with Crippen molar-refractivity contribution < 1.29 is 47.7 Å². The number of anilines is 2. The van der Waals surface area contributed by atoms with E-state index in [0.717, 1.165) is 15.4 Å². The van der Waals surface area contributed by atoms with Crippen molar-refractivity contribution >= 4 is 58.2 Å². The zero-order valence-electron chi connectivity index (χ0n) is 33.8. The number of aromatic nitrogens is 1. The maximum absolute atomic E-state index is 15.5. The van der Waals surface area contributed by atoms with Gasteiger partial charge < -0.3 is 24.2 Å². The van der Waals surface area contributed by atoms with Crippen molar-refractivity contribution in [2.75, 3.05) is 36.6 Å². The van der Waals surface area contributed by atoms with Gasteiger partial charge >= 0.3 is 0 Å². The lowest BCUT2D eigenvalue weighted by Gasteiger charge is -2.35. The number of aliphatic hydroxyl groups is 1. The van der Waals surface area contributed by atoms with Crippen molar-refractivity contribution in [3.05, 3.63) is 95.4 Å². The van der Waals surface area contributed by atoms with Gasteiger partial charge in [-0.1, -0.05) is 0 Å². The van der Waals surface area contributed by atoms with Crippen LogP contribution in [0.2, 0.25) is 0 Å². The van der Waals surface area contributed by atoms with E-state index in [4.69, 9.17) is 26.4 Å². The summed E-state index contributed by atoms with van der Waals surface area (Å²) < 4.78 is 32.7. The Labute approximate surface area is 360 Å². The summed E-state index contributed by atoms with van der Waals surface area (Å²) in [6, 6.07) is 19.0. The summed E-state index contributed by atoms with van der Waals surface area (Å²) in [4.78, 5) is 73.9. The molecule has 3 aromatic carbocycles. The molecule has 62 heavy (non-hydrogen) atoms. The van der Waals surface area contributed by atoms with Crippen LogP contribution in [0.1, 0.15) is 65.8 Å². The first-order valence-corrected chi connectivity index (χ1v) is 20.2. The fourth-order valence-corrected chi connectivity index (χ4v) is 8.66. The molecule has 0 spiro atoms. The van der Waals surface area contributed by atoms with E-state index in [-0.39, 0.29) is 64.5 Å². The number of nitrogens with zero attached hydrogens (tertiary/aromatic N) is 6. The van der Waals surface area contributed by atoms with E-state index in [2.05, 4.69) is 10.3 Å². The number of thiocarbonyl (C=S) groups is 1. The molecule has 1 aromatic heterocycles. The minimum Gasteiger partial charge on any atom is -0.492 e. The zero-order valence-corrected chi connectivity index (χ0v) is 34.6. The van der Waals surface area contributed by atoms with Gasteiger partial charge in [0.15, 0.2) is 16.7 Å². The number of amides is 5. The van der Waals surface area contributed by atoms with Crippen molar-refractivity contribution in [2.45, 2.75) is 63.4 Å². The van der Waals surface area contributed by atoms with Crippen molar-refractivity contribution in [1.82, 2.24) is 20.1 Å². The standard InChI is InChI=1S/C44H40FN7O9S/c1-44(2)42(58)51(33-13-6-25(21-46)38(59-3)37(33)45)43(62)52(44)26-7-12-32(47-22-26)24-4-8-27(9-5-24)61-28-16-18-49(19-17-28)36(54)23-60-29-10-11-30-31(20-29)41(57)50(40(30)56)34-14-15-35(53)48-39(34)55/h4-13,20,22,28,34,36,54H,14-19,23H2,1-3H3,(H,48,53,55). The lowest BCUT2D eigenvalue weighted by atomic mass is 10.0. The third-order valence-corrected chi connectivity index (χ3v) is 11.8. The molecule has 0 radical (unpaired) electrons. The molecule has 3 saturated heterocycles. The molecular formula is C44H40FN7O9S. The number of carbonyl (C=O) groups is 5. The van der Waals surface area contributed by atoms with E-state index in [0.29, 0.717) is 43.1 Å². The van der Waals surface area contributed by atoms with Gasteiger partial charge in [0.05, 0.1) is 47.1 Å². The third kappa shape index (κ3) is 7.48. The number of nitrogens with one attached hydrogen (secondary N) is 1. The number of piperidine rings is 2. The van der Waals surface area contributed by atoms with Crippen LogP contribution in [0.4, 0.5) is 15.8 Å². The van der Waals surface area contributed by atoms with Gasteiger partial charge in [-0.05, 0) is 112 Å². The van der Waals surface area contributed by atoms with Crippen LogP contribution in [0.3, 0.4) is 0 Å². The highest BCUT2D eigenvalue weighted by molar-refractivity contribution is 7.81. The van der Waals surface area contributed by atoms with E-state index < -0.39 is 53.2 Å². The lowest BCUT2D eigenvalue weighted by Crippen LogP contribution is -2.54. The molecule has 18 heteroatoms. The van der Waals surface area contributed by atoms with Gasteiger partial charge in [0.1, 0.15) is 48.1 Å². The maximum atomic E-state index is 15.5. The second-order valence-corrected chi connectivity index (χ2v) is 16.0. The van der Waals surface area contributed by atoms with E-state index in [1.807, 2.05) is 35.2 Å². The van der Waals surface area contributed by atoms with Crippen LogP contribution < -0.4 is 29.3 Å². The number of methoxy groups -OCH3 is 1. The Bertz CT molecular complexity index is 2560. The highest BCUT2D eigenvalue weighted by atomic mass is 32.1. The van der Waals surface area contributed by atoms with Gasteiger partial charge in [-0.3, -0.25) is 49.0 Å². The first kappa shape index (κ1) is 41.9. The number of pyridine rings is 1. The van der Waals surface area contributed by atoms with Crippen LogP contribution in [0.5, 0.6) is 17.2 Å². The molecule has 2 unspecified atom stereocenters. The molecule has 318 valence electrons. The molecule has 5 heterocycles. The Hall–Kier alpha value is -6.81. The number of ether oxygens (including phenoxy) is 3. The largest absolute Gasteiger partial charge is 0.492 e. The molecule has 2 atom stereocenters. The molecule has 3 fully saturated rings. The third-order valence-electron chi connectivity index (χ3n) is 11.5. The number of nitriles is 1. The molecule has 8 rings (SSSR count). The number of imide groups is 2. The van der Waals surface area contributed by atoms with Crippen LogP contribution in [0.25, 0.3) is 11.3 Å². The molecule has 5 amide bonds. The summed E-state index contributed by atoms with van der Waals surface area (Å²) >= 11 is 5.71. The van der Waals surface area contributed by atoms with Crippen molar-refractivity contribution in [2.24, 2.45) is 0 Å². The SMILES string of the molecule is COc1c(C#N)ccc(N2C(=O)C(C)(C)N(c3ccc(-c4ccc(OC5CCN(C(O)COc6ccc7c(c6)C(=O)N(C6CCC(=O)NC6=O)C7=O)CC5)cc4)nc3)C2=S)c1F. The first-order valence-electron chi connectivity index (χ1n) is 19.8. The summed E-state index contributed by atoms with van der Waals surface area (Å²) in [5.41, 5.74) is 0.924. The van der Waals surface area contributed by atoms with Crippen molar-refractivity contribution in [1.29, 1.82) is 5.26 Å². The number of benzene rings is 3. The summed E-state index contributed by atoms with van der Waals surface area (Å²) in [6.07, 6.45) is 1.94. The Kier molecular flexibility index (Phi) is 11.2.